The van der Waals surface area contributed by atoms with E-state index in [2.05, 4.69) is 26.7 Å². The van der Waals surface area contributed by atoms with Crippen LogP contribution in [0.4, 0.5) is 5.82 Å². The maximum Gasteiger partial charge on any atom is 0.134 e. The number of aromatic nitrogens is 2. The molecule has 1 aliphatic heterocycles. The van der Waals surface area contributed by atoms with Crippen LogP contribution in [0.5, 0.6) is 0 Å². The van der Waals surface area contributed by atoms with E-state index in [1.54, 1.807) is 0 Å². The predicted octanol–water partition coefficient (Wildman–Crippen LogP) is 2.22. The van der Waals surface area contributed by atoms with Crippen molar-refractivity contribution in [2.24, 2.45) is 5.92 Å². The fourth-order valence-corrected chi connectivity index (χ4v) is 2.79. The van der Waals surface area contributed by atoms with E-state index in [4.69, 9.17) is 11.6 Å². The second-order valence-electron chi connectivity index (χ2n) is 5.55. The first kappa shape index (κ1) is 13.1. The second-order valence-corrected chi connectivity index (χ2v) is 5.94. The molecule has 104 valence electrons. The third-order valence-electron chi connectivity index (χ3n) is 3.95. The summed E-state index contributed by atoms with van der Waals surface area (Å²) in [5, 5.41) is 0.558. The Balaban J connectivity index is 1.62. The van der Waals surface area contributed by atoms with Crippen molar-refractivity contribution in [1.82, 2.24) is 14.9 Å². The topological polar surface area (TPSA) is 32.3 Å². The first-order valence-corrected chi connectivity index (χ1v) is 7.63. The summed E-state index contributed by atoms with van der Waals surface area (Å²) in [6, 6.07) is 1.89. The van der Waals surface area contributed by atoms with Crippen molar-refractivity contribution >= 4 is 17.4 Å². The summed E-state index contributed by atoms with van der Waals surface area (Å²) < 4.78 is 0. The van der Waals surface area contributed by atoms with E-state index < -0.39 is 0 Å². The van der Waals surface area contributed by atoms with Crippen LogP contribution in [0.15, 0.2) is 6.07 Å². The fourth-order valence-electron chi connectivity index (χ4n) is 2.60. The van der Waals surface area contributed by atoms with E-state index in [1.165, 1.54) is 19.4 Å². The Hall–Kier alpha value is -0.870. The number of anilines is 1. The normalized spacial score (nSPS) is 20.8. The molecule has 0 unspecified atom stereocenters. The van der Waals surface area contributed by atoms with E-state index in [1.807, 2.05) is 6.07 Å². The van der Waals surface area contributed by atoms with Gasteiger partial charge in [-0.1, -0.05) is 18.5 Å². The standard InChI is InChI=1S/C14H21ClN4/c1-2-13-16-12(15)9-14(17-13)19-7-5-18(6-8-19)10-11-3-4-11/h9,11H,2-8,10H2,1H3. The van der Waals surface area contributed by atoms with Crippen LogP contribution in [0, 0.1) is 5.92 Å². The quantitative estimate of drug-likeness (QED) is 0.792. The lowest BCUT2D eigenvalue weighted by Crippen LogP contribution is -2.47. The van der Waals surface area contributed by atoms with Gasteiger partial charge in [0.2, 0.25) is 0 Å². The molecule has 1 aromatic heterocycles. The molecule has 4 nitrogen and oxygen atoms in total. The molecule has 1 saturated heterocycles. The zero-order valence-electron chi connectivity index (χ0n) is 11.5. The molecule has 2 aliphatic rings. The first-order chi connectivity index (χ1) is 9.24. The summed E-state index contributed by atoms with van der Waals surface area (Å²) >= 11 is 6.07. The number of nitrogens with zero attached hydrogens (tertiary/aromatic N) is 4. The van der Waals surface area contributed by atoms with Crippen LogP contribution in [-0.2, 0) is 6.42 Å². The summed E-state index contributed by atoms with van der Waals surface area (Å²) in [7, 11) is 0. The van der Waals surface area contributed by atoms with Gasteiger partial charge >= 0.3 is 0 Å². The molecule has 0 bridgehead atoms. The predicted molar refractivity (Wildman–Crippen MR) is 77.8 cm³/mol. The summed E-state index contributed by atoms with van der Waals surface area (Å²) in [6.07, 6.45) is 3.69. The highest BCUT2D eigenvalue weighted by molar-refractivity contribution is 6.29. The maximum absolute atomic E-state index is 6.07. The van der Waals surface area contributed by atoms with E-state index >= 15 is 0 Å². The van der Waals surface area contributed by atoms with Gasteiger partial charge in [0, 0.05) is 45.2 Å². The molecule has 2 fully saturated rings. The van der Waals surface area contributed by atoms with Crippen LogP contribution in [0.25, 0.3) is 0 Å². The zero-order valence-corrected chi connectivity index (χ0v) is 12.2. The Bertz CT molecular complexity index is 439. The monoisotopic (exact) mass is 280 g/mol. The Morgan fingerprint density at radius 3 is 2.58 bits per heavy atom. The lowest BCUT2D eigenvalue weighted by atomic mass is 10.2. The maximum atomic E-state index is 6.07. The van der Waals surface area contributed by atoms with Gasteiger partial charge in [-0.3, -0.25) is 4.90 Å². The number of halogens is 1. The average Bonchev–Trinajstić information content (AvgIpc) is 3.23. The number of aryl methyl sites for hydroxylation is 1. The van der Waals surface area contributed by atoms with Crippen molar-refractivity contribution in [2.75, 3.05) is 37.6 Å². The largest absolute Gasteiger partial charge is 0.354 e. The van der Waals surface area contributed by atoms with Crippen molar-refractivity contribution < 1.29 is 0 Å². The number of hydrogen-bond donors (Lipinski definition) is 0. The minimum atomic E-state index is 0.558. The fraction of sp³-hybridized carbons (Fsp3) is 0.714. The molecule has 5 heteroatoms. The number of piperazine rings is 1. The third-order valence-corrected chi connectivity index (χ3v) is 4.15. The SMILES string of the molecule is CCc1nc(Cl)cc(N2CCN(CC3CC3)CC2)n1. The van der Waals surface area contributed by atoms with Gasteiger partial charge in [0.05, 0.1) is 0 Å². The Morgan fingerprint density at radius 1 is 1.21 bits per heavy atom. The van der Waals surface area contributed by atoms with Crippen molar-refractivity contribution in [3.63, 3.8) is 0 Å². The van der Waals surface area contributed by atoms with Crippen LogP contribution < -0.4 is 4.90 Å². The summed E-state index contributed by atoms with van der Waals surface area (Å²) in [6.45, 7) is 7.72. The number of hydrogen-bond acceptors (Lipinski definition) is 4. The molecule has 19 heavy (non-hydrogen) atoms. The second kappa shape index (κ2) is 5.63. The smallest absolute Gasteiger partial charge is 0.134 e. The van der Waals surface area contributed by atoms with E-state index in [0.717, 1.165) is 50.2 Å². The Morgan fingerprint density at radius 2 is 1.95 bits per heavy atom. The van der Waals surface area contributed by atoms with Crippen molar-refractivity contribution in [3.8, 4) is 0 Å². The van der Waals surface area contributed by atoms with Gasteiger partial charge in [-0.2, -0.15) is 0 Å². The molecule has 1 saturated carbocycles. The van der Waals surface area contributed by atoms with E-state index in [9.17, 15) is 0 Å². The Labute approximate surface area is 119 Å². The lowest BCUT2D eigenvalue weighted by Gasteiger charge is -2.35. The van der Waals surface area contributed by atoms with Gasteiger partial charge in [-0.05, 0) is 18.8 Å². The highest BCUT2D eigenvalue weighted by Crippen LogP contribution is 2.30. The zero-order chi connectivity index (χ0) is 13.2. The molecule has 1 aromatic rings. The molecule has 3 rings (SSSR count). The van der Waals surface area contributed by atoms with E-state index in [0.29, 0.717) is 5.15 Å². The molecular weight excluding hydrogens is 260 g/mol. The summed E-state index contributed by atoms with van der Waals surface area (Å²) in [5.74, 6) is 2.80. The Kier molecular flexibility index (Phi) is 3.89. The molecule has 0 aromatic carbocycles. The highest BCUT2D eigenvalue weighted by Gasteiger charge is 2.26. The minimum Gasteiger partial charge on any atom is -0.354 e. The third kappa shape index (κ3) is 3.37. The van der Waals surface area contributed by atoms with Crippen LogP contribution >= 0.6 is 11.6 Å². The summed E-state index contributed by atoms with van der Waals surface area (Å²) in [5.41, 5.74) is 0. The molecule has 0 atom stereocenters. The first-order valence-electron chi connectivity index (χ1n) is 7.25. The van der Waals surface area contributed by atoms with Crippen molar-refractivity contribution in [2.45, 2.75) is 26.2 Å². The molecule has 0 radical (unpaired) electrons. The van der Waals surface area contributed by atoms with Gasteiger partial charge in [0.1, 0.15) is 16.8 Å². The van der Waals surface area contributed by atoms with Gasteiger partial charge < -0.3 is 4.90 Å². The van der Waals surface area contributed by atoms with Crippen molar-refractivity contribution in [1.29, 1.82) is 0 Å². The van der Waals surface area contributed by atoms with E-state index in [-0.39, 0.29) is 0 Å². The molecular formula is C14H21ClN4. The molecule has 2 heterocycles. The van der Waals surface area contributed by atoms with Gasteiger partial charge in [0.25, 0.3) is 0 Å². The molecule has 0 spiro atoms. The van der Waals surface area contributed by atoms with Gasteiger partial charge in [-0.15, -0.1) is 0 Å². The molecule has 0 N–H and O–H groups in total. The van der Waals surface area contributed by atoms with Gasteiger partial charge in [-0.25, -0.2) is 9.97 Å². The highest BCUT2D eigenvalue weighted by atomic mass is 35.5. The van der Waals surface area contributed by atoms with Crippen LogP contribution in [0.2, 0.25) is 5.15 Å². The van der Waals surface area contributed by atoms with Crippen molar-refractivity contribution in [3.05, 3.63) is 17.0 Å². The van der Waals surface area contributed by atoms with Gasteiger partial charge in [0.15, 0.2) is 0 Å². The molecule has 1 aliphatic carbocycles. The average molecular weight is 281 g/mol. The van der Waals surface area contributed by atoms with Crippen LogP contribution in [-0.4, -0.2) is 47.6 Å². The van der Waals surface area contributed by atoms with Crippen LogP contribution in [0.3, 0.4) is 0 Å². The minimum absolute atomic E-state index is 0.558. The number of rotatable bonds is 4. The summed E-state index contributed by atoms with van der Waals surface area (Å²) in [4.78, 5) is 13.7. The van der Waals surface area contributed by atoms with Crippen LogP contribution in [0.1, 0.15) is 25.6 Å². The molecule has 0 amide bonds. The lowest BCUT2D eigenvalue weighted by molar-refractivity contribution is 0.247.